The van der Waals surface area contributed by atoms with Crippen molar-refractivity contribution in [2.75, 3.05) is 39.6 Å². The second kappa shape index (κ2) is 76.4. The maximum Gasteiger partial charge on any atom is 0.472 e. The third kappa shape index (κ3) is 76.8. The largest absolute Gasteiger partial charge is 0.472 e. The van der Waals surface area contributed by atoms with Crippen molar-refractivity contribution < 1.29 is 80.2 Å². The molecule has 3 N–H and O–H groups in total. The maximum absolute atomic E-state index is 13.1. The minimum atomic E-state index is -4.96. The summed E-state index contributed by atoms with van der Waals surface area (Å²) in [7, 11) is -9.93. The van der Waals surface area contributed by atoms with Crippen LogP contribution in [0.5, 0.6) is 0 Å². The molecule has 0 heterocycles. The number of esters is 4. The molecule has 19 heteroatoms. The Morgan fingerprint density at radius 1 is 0.279 bits per heavy atom. The van der Waals surface area contributed by atoms with Gasteiger partial charge in [0.2, 0.25) is 0 Å². The van der Waals surface area contributed by atoms with E-state index in [4.69, 9.17) is 37.0 Å². The Morgan fingerprint density at radius 3 is 0.731 bits per heavy atom. The molecule has 0 spiro atoms. The van der Waals surface area contributed by atoms with Gasteiger partial charge in [-0.15, -0.1) is 0 Å². The predicted molar refractivity (Wildman–Crippen MR) is 428 cm³/mol. The zero-order valence-electron chi connectivity index (χ0n) is 68.3. The number of aliphatic hydroxyl groups is 1. The Hall–Kier alpha value is -1.94. The maximum atomic E-state index is 13.1. The van der Waals surface area contributed by atoms with Crippen LogP contribution in [0.15, 0.2) is 0 Å². The molecule has 0 radical (unpaired) electrons. The van der Waals surface area contributed by atoms with Crippen molar-refractivity contribution in [3.8, 4) is 0 Å². The van der Waals surface area contributed by atoms with Gasteiger partial charge in [0, 0.05) is 25.7 Å². The van der Waals surface area contributed by atoms with Crippen LogP contribution in [0.4, 0.5) is 0 Å². The molecule has 0 rings (SSSR count). The number of hydrogen-bond donors (Lipinski definition) is 3. The first-order chi connectivity index (χ1) is 50.4. The molecule has 0 saturated heterocycles. The minimum Gasteiger partial charge on any atom is -0.462 e. The summed E-state index contributed by atoms with van der Waals surface area (Å²) < 4.78 is 68.9. The number of phosphoric ester groups is 2. The van der Waals surface area contributed by atoms with Gasteiger partial charge in [0.25, 0.3) is 0 Å². The van der Waals surface area contributed by atoms with Gasteiger partial charge in [-0.25, -0.2) is 9.13 Å². The highest BCUT2D eigenvalue weighted by molar-refractivity contribution is 7.47. The van der Waals surface area contributed by atoms with E-state index in [1.54, 1.807) is 0 Å². The highest BCUT2D eigenvalue weighted by Crippen LogP contribution is 2.45. The molecule has 3 unspecified atom stereocenters. The first-order valence-electron chi connectivity index (χ1n) is 44.0. The second-order valence-electron chi connectivity index (χ2n) is 31.3. The number of hydrogen-bond acceptors (Lipinski definition) is 15. The van der Waals surface area contributed by atoms with Crippen molar-refractivity contribution >= 4 is 39.5 Å². The molecule has 0 aliphatic carbocycles. The molecule has 0 amide bonds. The molecule has 0 fully saturated rings. The van der Waals surface area contributed by atoms with Crippen LogP contribution in [0, 0.1) is 11.8 Å². The zero-order valence-corrected chi connectivity index (χ0v) is 70.1. The van der Waals surface area contributed by atoms with Crippen LogP contribution in [-0.4, -0.2) is 96.7 Å². The van der Waals surface area contributed by atoms with Gasteiger partial charge in [0.1, 0.15) is 19.3 Å². The fourth-order valence-electron chi connectivity index (χ4n) is 13.2. The average Bonchev–Trinajstić information content (AvgIpc) is 0.909. The van der Waals surface area contributed by atoms with E-state index >= 15 is 0 Å². The van der Waals surface area contributed by atoms with Crippen molar-refractivity contribution in [2.45, 2.75) is 471 Å². The molecular weight excluding hydrogens is 1350 g/mol. The normalized spacial score (nSPS) is 14.1. The van der Waals surface area contributed by atoms with E-state index in [2.05, 4.69) is 41.5 Å². The lowest BCUT2D eigenvalue weighted by molar-refractivity contribution is -0.161. The summed E-state index contributed by atoms with van der Waals surface area (Å²) >= 11 is 0. The summed E-state index contributed by atoms with van der Waals surface area (Å²) in [5.41, 5.74) is 0. The lowest BCUT2D eigenvalue weighted by Gasteiger charge is -2.21. The number of unbranched alkanes of at least 4 members (excludes halogenated alkanes) is 53. The molecule has 0 aromatic rings. The number of carbonyl (C=O) groups is 4. The SMILES string of the molecule is CCCCCCCCCCCCCCCCCC(=O)O[C@H](COC(=O)CCCCCCCCCCCCCC)COP(=O)(O)OC[C@H](O)COP(=O)(O)OC[C@@H](COC(=O)CCCCCCCCCCCCCCC(C)C)OC(=O)CCCCCCCCCCCCCCCCCCCCC(C)CC. The van der Waals surface area contributed by atoms with E-state index in [1.807, 2.05) is 0 Å². The fourth-order valence-corrected chi connectivity index (χ4v) is 14.8. The highest BCUT2D eigenvalue weighted by atomic mass is 31.2. The van der Waals surface area contributed by atoms with Gasteiger partial charge in [0.05, 0.1) is 26.4 Å². The Kier molecular flexibility index (Phi) is 75.0. The second-order valence-corrected chi connectivity index (χ2v) is 34.2. The summed E-state index contributed by atoms with van der Waals surface area (Å²) in [6, 6.07) is 0. The first kappa shape index (κ1) is 102. The number of phosphoric acid groups is 2. The van der Waals surface area contributed by atoms with Crippen molar-refractivity contribution in [2.24, 2.45) is 11.8 Å². The molecule has 0 bridgehead atoms. The molecule has 17 nitrogen and oxygen atoms in total. The van der Waals surface area contributed by atoms with Gasteiger partial charge in [-0.05, 0) is 37.5 Å². The van der Waals surface area contributed by atoms with Gasteiger partial charge in [-0.1, -0.05) is 401 Å². The summed E-state index contributed by atoms with van der Waals surface area (Å²) in [6.45, 7) is 9.75. The third-order valence-electron chi connectivity index (χ3n) is 20.3. The molecule has 618 valence electrons. The van der Waals surface area contributed by atoms with Crippen LogP contribution >= 0.6 is 15.6 Å². The smallest absolute Gasteiger partial charge is 0.462 e. The van der Waals surface area contributed by atoms with Crippen LogP contribution in [0.25, 0.3) is 0 Å². The van der Waals surface area contributed by atoms with E-state index in [0.29, 0.717) is 25.7 Å². The number of aliphatic hydroxyl groups excluding tert-OH is 1. The average molecular weight is 1520 g/mol. The lowest BCUT2D eigenvalue weighted by Crippen LogP contribution is -2.30. The first-order valence-corrected chi connectivity index (χ1v) is 47.0. The quantitative estimate of drug-likeness (QED) is 0.0222. The lowest BCUT2D eigenvalue weighted by atomic mass is 9.99. The molecule has 0 aliphatic rings. The minimum absolute atomic E-state index is 0.109. The van der Waals surface area contributed by atoms with E-state index < -0.39 is 97.5 Å². The molecule has 0 saturated carbocycles. The molecule has 104 heavy (non-hydrogen) atoms. The van der Waals surface area contributed by atoms with E-state index in [9.17, 15) is 43.2 Å². The number of ether oxygens (including phenoxy) is 4. The molecule has 6 atom stereocenters. The van der Waals surface area contributed by atoms with Crippen molar-refractivity contribution in [3.05, 3.63) is 0 Å². The van der Waals surface area contributed by atoms with Gasteiger partial charge in [0.15, 0.2) is 12.2 Å². The molecule has 0 aliphatic heterocycles. The summed E-state index contributed by atoms with van der Waals surface area (Å²) in [6.07, 6.45) is 67.8. The predicted octanol–water partition coefficient (Wildman–Crippen LogP) is 25.8. The van der Waals surface area contributed by atoms with Gasteiger partial charge in [-0.3, -0.25) is 37.3 Å². The Labute approximate surface area is 638 Å². The van der Waals surface area contributed by atoms with E-state index in [0.717, 1.165) is 102 Å². The van der Waals surface area contributed by atoms with Crippen molar-refractivity contribution in [1.82, 2.24) is 0 Å². The van der Waals surface area contributed by atoms with Crippen molar-refractivity contribution in [3.63, 3.8) is 0 Å². The Bertz CT molecular complexity index is 2000. The number of carbonyl (C=O) groups excluding carboxylic acids is 4. The topological polar surface area (TPSA) is 237 Å². The summed E-state index contributed by atoms with van der Waals surface area (Å²) in [5.74, 6) is -0.448. The zero-order chi connectivity index (χ0) is 76.4. The third-order valence-corrected chi connectivity index (χ3v) is 22.2. The highest BCUT2D eigenvalue weighted by Gasteiger charge is 2.30. The Morgan fingerprint density at radius 2 is 0.490 bits per heavy atom. The molecular formula is C85H166O17P2. The van der Waals surface area contributed by atoms with Crippen LogP contribution < -0.4 is 0 Å². The van der Waals surface area contributed by atoms with Gasteiger partial charge >= 0.3 is 39.5 Å². The summed E-state index contributed by atoms with van der Waals surface area (Å²) in [4.78, 5) is 73.2. The fraction of sp³-hybridized carbons (Fsp3) is 0.953. The van der Waals surface area contributed by atoms with Crippen molar-refractivity contribution in [1.29, 1.82) is 0 Å². The Balaban J connectivity index is 5.24. The summed E-state index contributed by atoms with van der Waals surface area (Å²) in [5, 5.41) is 10.7. The van der Waals surface area contributed by atoms with Crippen LogP contribution in [0.1, 0.15) is 452 Å². The molecule has 0 aromatic heterocycles. The van der Waals surface area contributed by atoms with Crippen LogP contribution in [-0.2, 0) is 65.4 Å². The van der Waals surface area contributed by atoms with Crippen LogP contribution in [0.3, 0.4) is 0 Å². The van der Waals surface area contributed by atoms with Gasteiger partial charge in [-0.2, -0.15) is 0 Å². The molecule has 0 aromatic carbocycles. The monoisotopic (exact) mass is 1520 g/mol. The number of rotatable bonds is 84. The standard InChI is InChI=1S/C85H166O17P2/c1-7-10-12-14-16-18-20-22-27-31-39-45-51-57-63-69-84(89)101-80(73-95-82(87)67-61-55-49-43-37-21-19-17-15-13-11-8-2)75-99-103(91,92)97-71-79(86)72-98-104(93,94)100-76-81(74-96-83(88)68-62-56-50-44-38-34-33-35-41-47-53-59-65-77(4)5)102-85(90)70-64-58-52-46-40-32-29-26-24-23-25-28-30-36-42-48-54-60-66-78(6)9-3/h77-81,86H,7-76H2,1-6H3,(H,91,92)(H,93,94)/t78?,79-,80+,81+/m0/s1. The van der Waals surface area contributed by atoms with E-state index in [-0.39, 0.29) is 25.7 Å². The van der Waals surface area contributed by atoms with Gasteiger partial charge < -0.3 is 33.8 Å². The van der Waals surface area contributed by atoms with E-state index in [1.165, 1.54) is 270 Å². The van der Waals surface area contributed by atoms with Crippen LogP contribution in [0.2, 0.25) is 0 Å².